The van der Waals surface area contributed by atoms with E-state index in [1.54, 1.807) is 24.3 Å². The van der Waals surface area contributed by atoms with E-state index in [-0.39, 0.29) is 11.5 Å². The number of allylic oxidation sites excluding steroid dienone is 1. The lowest BCUT2D eigenvalue weighted by Crippen LogP contribution is -2.61. The number of anilines is 1. The fourth-order valence-electron chi connectivity index (χ4n) is 3.14. The summed E-state index contributed by atoms with van der Waals surface area (Å²) < 4.78 is 6.19. The first-order valence-electron chi connectivity index (χ1n) is 7.93. The smallest absolute Gasteiger partial charge is 0.223 e. The normalized spacial score (nSPS) is 22.8. The predicted molar refractivity (Wildman–Crippen MR) is 90.6 cm³/mol. The van der Waals surface area contributed by atoms with Gasteiger partial charge in [-0.3, -0.25) is 10.2 Å². The molecule has 2 fully saturated rings. The van der Waals surface area contributed by atoms with Gasteiger partial charge in [-0.05, 0) is 37.1 Å². The molecule has 24 heavy (non-hydrogen) atoms. The van der Waals surface area contributed by atoms with Gasteiger partial charge < -0.3 is 10.1 Å². The van der Waals surface area contributed by atoms with Gasteiger partial charge in [0.2, 0.25) is 11.7 Å². The van der Waals surface area contributed by atoms with Crippen LogP contribution in [0.15, 0.2) is 35.7 Å². The van der Waals surface area contributed by atoms with Crippen LogP contribution in [0.4, 0.5) is 5.69 Å². The molecule has 0 bridgehead atoms. The number of nitriles is 2. The molecule has 7 heteroatoms. The Balaban J connectivity index is 1.89. The Labute approximate surface area is 146 Å². The number of fused-ring (bicyclic) bond motifs is 1. The lowest BCUT2D eigenvalue weighted by molar-refractivity contribution is -0.141. The molecule has 1 unspecified atom stereocenters. The molecule has 3 rings (SSSR count). The van der Waals surface area contributed by atoms with Crippen LogP contribution in [0.3, 0.4) is 0 Å². The van der Waals surface area contributed by atoms with Crippen molar-refractivity contribution in [2.24, 2.45) is 0 Å². The fourth-order valence-corrected chi connectivity index (χ4v) is 3.27. The van der Waals surface area contributed by atoms with Gasteiger partial charge in [0.15, 0.2) is 5.57 Å². The molecule has 0 amide bonds. The van der Waals surface area contributed by atoms with Gasteiger partial charge in [0, 0.05) is 36.8 Å². The van der Waals surface area contributed by atoms with Crippen molar-refractivity contribution >= 4 is 17.3 Å². The predicted octanol–water partition coefficient (Wildman–Crippen LogP) is 2.77. The maximum absolute atomic E-state index is 9.28. The summed E-state index contributed by atoms with van der Waals surface area (Å²) in [7, 11) is 0. The fraction of sp³-hybridized carbons (Fsp3) is 0.412. The highest BCUT2D eigenvalue weighted by Gasteiger charge is 2.45. The maximum atomic E-state index is 9.28. The summed E-state index contributed by atoms with van der Waals surface area (Å²) in [4.78, 5) is 2.23. The SMILES string of the molecule is N#CC(C#N)=C(Nc1ccc(Cl)cc1)OC12CCCN1CCCN2. The van der Waals surface area contributed by atoms with Crippen LogP contribution in [-0.2, 0) is 4.74 Å². The largest absolute Gasteiger partial charge is 0.442 e. The molecule has 6 nitrogen and oxygen atoms in total. The summed E-state index contributed by atoms with van der Waals surface area (Å²) in [6.07, 6.45) is 2.87. The second-order valence-corrected chi connectivity index (χ2v) is 6.25. The number of rotatable bonds is 4. The Morgan fingerprint density at radius 2 is 1.92 bits per heavy atom. The quantitative estimate of drug-likeness (QED) is 0.646. The van der Waals surface area contributed by atoms with Crippen LogP contribution >= 0.6 is 11.6 Å². The van der Waals surface area contributed by atoms with E-state index in [2.05, 4.69) is 15.5 Å². The van der Waals surface area contributed by atoms with E-state index >= 15 is 0 Å². The van der Waals surface area contributed by atoms with Crippen LogP contribution in [0, 0.1) is 22.7 Å². The van der Waals surface area contributed by atoms with Crippen molar-refractivity contribution in [2.75, 3.05) is 25.0 Å². The summed E-state index contributed by atoms with van der Waals surface area (Å²) >= 11 is 5.90. The monoisotopic (exact) mass is 343 g/mol. The van der Waals surface area contributed by atoms with Crippen molar-refractivity contribution in [1.82, 2.24) is 10.2 Å². The van der Waals surface area contributed by atoms with E-state index in [0.29, 0.717) is 10.7 Å². The van der Waals surface area contributed by atoms with Gasteiger partial charge in [-0.2, -0.15) is 10.5 Å². The number of halogens is 1. The molecule has 1 aromatic carbocycles. The average molecular weight is 344 g/mol. The van der Waals surface area contributed by atoms with Crippen molar-refractivity contribution in [1.29, 1.82) is 10.5 Å². The van der Waals surface area contributed by atoms with Gasteiger partial charge in [-0.25, -0.2) is 0 Å². The summed E-state index contributed by atoms with van der Waals surface area (Å²) in [5.41, 5.74) is 0.618. The van der Waals surface area contributed by atoms with Gasteiger partial charge >= 0.3 is 0 Å². The summed E-state index contributed by atoms with van der Waals surface area (Å²) in [5, 5.41) is 25.6. The first kappa shape index (κ1) is 16.6. The maximum Gasteiger partial charge on any atom is 0.223 e. The van der Waals surface area contributed by atoms with Gasteiger partial charge in [-0.15, -0.1) is 0 Å². The molecule has 0 saturated carbocycles. The third kappa shape index (κ3) is 3.32. The highest BCUT2D eigenvalue weighted by molar-refractivity contribution is 6.30. The molecule has 2 N–H and O–H groups in total. The van der Waals surface area contributed by atoms with Crippen LogP contribution in [-0.4, -0.2) is 30.4 Å². The number of benzene rings is 1. The first-order valence-corrected chi connectivity index (χ1v) is 8.31. The molecule has 2 aliphatic rings. The van der Waals surface area contributed by atoms with Crippen LogP contribution in [0.5, 0.6) is 0 Å². The van der Waals surface area contributed by atoms with Gasteiger partial charge in [0.1, 0.15) is 12.1 Å². The second kappa shape index (κ2) is 7.11. The van der Waals surface area contributed by atoms with Crippen LogP contribution in [0.1, 0.15) is 19.3 Å². The zero-order valence-electron chi connectivity index (χ0n) is 13.2. The van der Waals surface area contributed by atoms with Crippen molar-refractivity contribution in [3.63, 3.8) is 0 Å². The summed E-state index contributed by atoms with van der Waals surface area (Å²) in [5.74, 6) is -0.477. The second-order valence-electron chi connectivity index (χ2n) is 5.82. The Bertz CT molecular complexity index is 702. The van der Waals surface area contributed by atoms with E-state index in [9.17, 15) is 10.5 Å². The molecule has 2 saturated heterocycles. The number of nitrogens with one attached hydrogen (secondary N) is 2. The van der Waals surface area contributed by atoms with E-state index < -0.39 is 5.85 Å². The highest BCUT2D eigenvalue weighted by atomic mass is 35.5. The minimum Gasteiger partial charge on any atom is -0.442 e. The molecule has 2 aliphatic heterocycles. The molecule has 2 heterocycles. The lowest BCUT2D eigenvalue weighted by Gasteiger charge is -2.43. The van der Waals surface area contributed by atoms with E-state index in [0.717, 1.165) is 38.9 Å². The number of hydrogen-bond acceptors (Lipinski definition) is 6. The molecule has 0 radical (unpaired) electrons. The van der Waals surface area contributed by atoms with Crippen LogP contribution in [0.2, 0.25) is 5.02 Å². The van der Waals surface area contributed by atoms with Crippen LogP contribution < -0.4 is 10.6 Å². The van der Waals surface area contributed by atoms with Crippen molar-refractivity contribution < 1.29 is 4.74 Å². The van der Waals surface area contributed by atoms with E-state index in [4.69, 9.17) is 16.3 Å². The highest BCUT2D eigenvalue weighted by Crippen LogP contribution is 2.33. The van der Waals surface area contributed by atoms with Crippen molar-refractivity contribution in [3.05, 3.63) is 40.7 Å². The van der Waals surface area contributed by atoms with Gasteiger partial charge in [0.05, 0.1) is 0 Å². The Morgan fingerprint density at radius 1 is 1.21 bits per heavy atom. The molecule has 1 aromatic rings. The van der Waals surface area contributed by atoms with Crippen molar-refractivity contribution in [2.45, 2.75) is 25.1 Å². The zero-order valence-corrected chi connectivity index (χ0v) is 13.9. The molecule has 0 spiro atoms. The molecule has 0 aliphatic carbocycles. The molecular weight excluding hydrogens is 326 g/mol. The topological polar surface area (TPSA) is 84.1 Å². The minimum absolute atomic E-state index is 0.0847. The molecular formula is C17H18ClN5O. The average Bonchev–Trinajstić information content (AvgIpc) is 3.01. The number of hydrogen-bond donors (Lipinski definition) is 2. The Morgan fingerprint density at radius 3 is 2.62 bits per heavy atom. The zero-order chi connectivity index (χ0) is 17.0. The molecule has 1 atom stereocenters. The van der Waals surface area contributed by atoms with Gasteiger partial charge in [0.25, 0.3) is 0 Å². The van der Waals surface area contributed by atoms with E-state index in [1.807, 2.05) is 12.1 Å². The third-order valence-corrected chi connectivity index (χ3v) is 4.54. The minimum atomic E-state index is -0.647. The van der Waals surface area contributed by atoms with Crippen molar-refractivity contribution in [3.8, 4) is 12.1 Å². The van der Waals surface area contributed by atoms with E-state index in [1.165, 1.54) is 0 Å². The standard InChI is InChI=1S/C17H18ClN5O/c18-14-3-5-15(6-4-14)22-16(13(11-19)12-20)24-17-7-1-9-23(17)10-2-8-21-17/h3-6,21-22H,1-2,7-10H2. The lowest BCUT2D eigenvalue weighted by atomic mass is 10.2. The number of nitrogens with zero attached hydrogens (tertiary/aromatic N) is 3. The number of ether oxygens (including phenoxy) is 1. The molecule has 0 aromatic heterocycles. The Kier molecular flexibility index (Phi) is 4.92. The third-order valence-electron chi connectivity index (χ3n) is 4.28. The first-order chi connectivity index (χ1) is 11.7. The molecule has 124 valence electrons. The summed E-state index contributed by atoms with van der Waals surface area (Å²) in [6.45, 7) is 2.73. The summed E-state index contributed by atoms with van der Waals surface area (Å²) in [6, 6.07) is 10.8. The Hall–Kier alpha value is -2.25. The van der Waals surface area contributed by atoms with Gasteiger partial charge in [-0.1, -0.05) is 11.6 Å². The van der Waals surface area contributed by atoms with Crippen LogP contribution in [0.25, 0.3) is 0 Å².